The molecule has 0 aliphatic heterocycles. The van der Waals surface area contributed by atoms with Gasteiger partial charge in [-0.25, -0.2) is 0 Å². The maximum absolute atomic E-state index is 6.61. The highest BCUT2D eigenvalue weighted by Gasteiger charge is 2.27. The Morgan fingerprint density at radius 3 is 1.71 bits per heavy atom. The third-order valence-electron chi connectivity index (χ3n) is 11.8. The first kappa shape index (κ1) is 33.3. The molecule has 276 valence electrons. The fourth-order valence-corrected chi connectivity index (χ4v) is 9.25. The van der Waals surface area contributed by atoms with Gasteiger partial charge < -0.3 is 13.7 Å². The molecular weight excluding hydrogens is 719 g/mol. The summed E-state index contributed by atoms with van der Waals surface area (Å²) in [4.78, 5) is 2.48. The van der Waals surface area contributed by atoms with Crippen molar-refractivity contribution in [3.05, 3.63) is 212 Å². The number of benzene rings is 10. The summed E-state index contributed by atoms with van der Waals surface area (Å²) >= 11 is 0. The molecule has 59 heavy (non-hydrogen) atoms. The zero-order valence-electron chi connectivity index (χ0n) is 32.0. The third-order valence-corrected chi connectivity index (χ3v) is 11.8. The van der Waals surface area contributed by atoms with Gasteiger partial charge in [0.05, 0.1) is 16.8 Å². The molecule has 0 N–H and O–H groups in total. The first-order valence-electron chi connectivity index (χ1n) is 20.1. The molecule has 0 fully saturated rings. The maximum Gasteiger partial charge on any atom is 0.143 e. The normalized spacial score (nSPS) is 11.7. The minimum absolute atomic E-state index is 0.842. The smallest absolute Gasteiger partial charge is 0.143 e. The first-order valence-corrected chi connectivity index (χ1v) is 20.1. The van der Waals surface area contributed by atoms with Crippen molar-refractivity contribution in [2.24, 2.45) is 0 Å². The van der Waals surface area contributed by atoms with Crippen LogP contribution in [0.4, 0.5) is 17.1 Å². The quantitative estimate of drug-likeness (QED) is 0.158. The second-order valence-corrected chi connectivity index (χ2v) is 15.2. The highest BCUT2D eigenvalue weighted by molar-refractivity contribution is 6.24. The van der Waals surface area contributed by atoms with Crippen molar-refractivity contribution < 1.29 is 8.83 Å². The second kappa shape index (κ2) is 13.4. The number of nitrogens with zero attached hydrogens (tertiary/aromatic N) is 1. The Hall–Kier alpha value is -7.88. The minimum Gasteiger partial charge on any atom is -0.456 e. The van der Waals surface area contributed by atoms with Crippen LogP contribution in [0, 0.1) is 0 Å². The van der Waals surface area contributed by atoms with Crippen molar-refractivity contribution in [2.45, 2.75) is 0 Å². The molecule has 2 heterocycles. The van der Waals surface area contributed by atoms with Crippen LogP contribution in [0.5, 0.6) is 0 Å². The zero-order chi connectivity index (χ0) is 38.9. The monoisotopic (exact) mass is 753 g/mol. The second-order valence-electron chi connectivity index (χ2n) is 15.2. The number of fused-ring (bicyclic) bond motifs is 9. The Morgan fingerprint density at radius 1 is 0.322 bits per heavy atom. The predicted octanol–water partition coefficient (Wildman–Crippen LogP) is 16.3. The molecule has 10 aromatic carbocycles. The lowest BCUT2D eigenvalue weighted by molar-refractivity contribution is 0.669. The van der Waals surface area contributed by atoms with E-state index >= 15 is 0 Å². The average Bonchev–Trinajstić information content (AvgIpc) is 3.89. The van der Waals surface area contributed by atoms with E-state index in [4.69, 9.17) is 8.83 Å². The molecule has 0 aliphatic carbocycles. The van der Waals surface area contributed by atoms with E-state index in [0.29, 0.717) is 0 Å². The standard InChI is InChI=1S/C56H35NO2/c1-2-16-36(17-3-1)37-18-12-20-39(34-37)53-45-25-6-4-22-42(45)43-23-5-7-26-46(43)55(53)57(49-30-15-33-52-54(49)48-27-9-11-32-51(48)58-52)40-21-13-19-38(35-40)41-28-14-29-47-44-24-8-10-31-50(44)59-56(41)47/h1-35H. The van der Waals surface area contributed by atoms with Gasteiger partial charge in [-0.15, -0.1) is 0 Å². The summed E-state index contributed by atoms with van der Waals surface area (Å²) < 4.78 is 13.2. The highest BCUT2D eigenvalue weighted by Crippen LogP contribution is 2.52. The lowest BCUT2D eigenvalue weighted by Crippen LogP contribution is -2.13. The van der Waals surface area contributed by atoms with E-state index in [2.05, 4.69) is 199 Å². The Balaban J connectivity index is 1.21. The molecule has 0 radical (unpaired) electrons. The van der Waals surface area contributed by atoms with Crippen LogP contribution in [-0.4, -0.2) is 0 Å². The van der Waals surface area contributed by atoms with Crippen LogP contribution in [0.25, 0.3) is 98.8 Å². The molecule has 3 heteroatoms. The molecule has 0 bridgehead atoms. The van der Waals surface area contributed by atoms with E-state index in [9.17, 15) is 0 Å². The third kappa shape index (κ3) is 5.29. The Morgan fingerprint density at radius 2 is 0.881 bits per heavy atom. The van der Waals surface area contributed by atoms with Crippen molar-refractivity contribution in [3.63, 3.8) is 0 Å². The van der Waals surface area contributed by atoms with Crippen molar-refractivity contribution in [1.29, 1.82) is 0 Å². The molecule has 0 saturated heterocycles. The van der Waals surface area contributed by atoms with Gasteiger partial charge in [-0.3, -0.25) is 0 Å². The summed E-state index contributed by atoms with van der Waals surface area (Å²) in [6, 6.07) is 75.8. The molecule has 0 spiro atoms. The summed E-state index contributed by atoms with van der Waals surface area (Å²) in [6.07, 6.45) is 0. The van der Waals surface area contributed by atoms with Crippen LogP contribution >= 0.6 is 0 Å². The van der Waals surface area contributed by atoms with Crippen molar-refractivity contribution >= 4 is 82.5 Å². The molecule has 12 aromatic rings. The summed E-state index contributed by atoms with van der Waals surface area (Å²) in [7, 11) is 0. The lowest BCUT2D eigenvalue weighted by Gasteiger charge is -2.31. The van der Waals surface area contributed by atoms with E-state index < -0.39 is 0 Å². The molecule has 0 saturated carbocycles. The van der Waals surface area contributed by atoms with Gasteiger partial charge >= 0.3 is 0 Å². The average molecular weight is 754 g/mol. The number of anilines is 3. The van der Waals surface area contributed by atoms with Gasteiger partial charge in [0.1, 0.15) is 22.3 Å². The molecule has 0 amide bonds. The van der Waals surface area contributed by atoms with Gasteiger partial charge in [0.25, 0.3) is 0 Å². The summed E-state index contributed by atoms with van der Waals surface area (Å²) in [5.41, 5.74) is 13.4. The molecule has 12 rings (SSSR count). The predicted molar refractivity (Wildman–Crippen MR) is 247 cm³/mol. The van der Waals surface area contributed by atoms with Crippen LogP contribution in [0.15, 0.2) is 221 Å². The topological polar surface area (TPSA) is 29.5 Å². The molecule has 0 unspecified atom stereocenters. The molecule has 0 atom stereocenters. The zero-order valence-corrected chi connectivity index (χ0v) is 32.0. The number of furan rings is 2. The van der Waals surface area contributed by atoms with Gasteiger partial charge in [-0.05, 0) is 80.9 Å². The van der Waals surface area contributed by atoms with Gasteiger partial charge in [0.15, 0.2) is 0 Å². The fourth-order valence-electron chi connectivity index (χ4n) is 9.25. The van der Waals surface area contributed by atoms with Crippen LogP contribution in [0.2, 0.25) is 0 Å². The van der Waals surface area contributed by atoms with E-state index in [0.717, 1.165) is 88.6 Å². The lowest BCUT2D eigenvalue weighted by atomic mass is 9.88. The van der Waals surface area contributed by atoms with Crippen molar-refractivity contribution in [2.75, 3.05) is 4.90 Å². The van der Waals surface area contributed by atoms with Gasteiger partial charge in [0, 0.05) is 38.4 Å². The fraction of sp³-hybridized carbons (Fsp3) is 0. The summed E-state index contributed by atoms with van der Waals surface area (Å²) in [5, 5.41) is 9.10. The maximum atomic E-state index is 6.61. The van der Waals surface area contributed by atoms with Crippen LogP contribution in [0.3, 0.4) is 0 Å². The number of para-hydroxylation sites is 3. The van der Waals surface area contributed by atoms with E-state index in [1.54, 1.807) is 0 Å². The number of hydrogen-bond acceptors (Lipinski definition) is 3. The van der Waals surface area contributed by atoms with Crippen LogP contribution < -0.4 is 4.90 Å². The molecule has 0 aliphatic rings. The van der Waals surface area contributed by atoms with Gasteiger partial charge in [0.2, 0.25) is 0 Å². The Bertz CT molecular complexity index is 3580. The van der Waals surface area contributed by atoms with Crippen molar-refractivity contribution in [1.82, 2.24) is 0 Å². The Kier molecular flexibility index (Phi) is 7.54. The van der Waals surface area contributed by atoms with Crippen LogP contribution in [-0.2, 0) is 0 Å². The molecule has 3 nitrogen and oxygen atoms in total. The summed E-state index contributed by atoms with van der Waals surface area (Å²) in [5.74, 6) is 0. The van der Waals surface area contributed by atoms with Crippen molar-refractivity contribution in [3.8, 4) is 33.4 Å². The van der Waals surface area contributed by atoms with E-state index in [1.807, 2.05) is 18.2 Å². The van der Waals surface area contributed by atoms with Gasteiger partial charge in [-0.2, -0.15) is 0 Å². The first-order chi connectivity index (χ1) is 29.3. The van der Waals surface area contributed by atoms with E-state index in [1.165, 1.54) is 27.3 Å². The number of rotatable bonds is 6. The minimum atomic E-state index is 0.842. The van der Waals surface area contributed by atoms with E-state index in [-0.39, 0.29) is 0 Å². The largest absolute Gasteiger partial charge is 0.456 e. The Labute approximate surface area is 340 Å². The molecule has 2 aromatic heterocycles. The van der Waals surface area contributed by atoms with Crippen LogP contribution in [0.1, 0.15) is 0 Å². The molecular formula is C56H35NO2. The SMILES string of the molecule is c1ccc(-c2cccc(-c3c(N(c4cccc(-c5cccc6c5oc5ccccc56)c4)c4cccc5oc6ccccc6c45)c4ccccc4c4ccccc34)c2)cc1. The van der Waals surface area contributed by atoms with Gasteiger partial charge in [-0.1, -0.05) is 170 Å². The highest BCUT2D eigenvalue weighted by atomic mass is 16.3. The number of hydrogen-bond donors (Lipinski definition) is 0. The summed E-state index contributed by atoms with van der Waals surface area (Å²) in [6.45, 7) is 0.